The Morgan fingerprint density at radius 1 is 1.18 bits per heavy atom. The number of carbonyl (C=O) groups is 3. The molecule has 1 rings (SSSR count). The van der Waals surface area contributed by atoms with Crippen LogP contribution in [0, 0.1) is 0 Å². The van der Waals surface area contributed by atoms with Crippen molar-refractivity contribution >= 4 is 18.2 Å². The van der Waals surface area contributed by atoms with Crippen molar-refractivity contribution in [3.63, 3.8) is 0 Å². The van der Waals surface area contributed by atoms with E-state index >= 15 is 0 Å². The Morgan fingerprint density at radius 2 is 1.59 bits per heavy atom. The molecule has 1 aliphatic heterocycles. The van der Waals surface area contributed by atoms with Gasteiger partial charge in [-0.05, 0) is 12.8 Å². The molecule has 0 aromatic carbocycles. The van der Waals surface area contributed by atoms with Crippen molar-refractivity contribution < 1.29 is 29.3 Å². The van der Waals surface area contributed by atoms with Gasteiger partial charge in [0.2, 0.25) is 0 Å². The predicted octanol–water partition coefficient (Wildman–Crippen LogP) is 0.878. The van der Waals surface area contributed by atoms with Gasteiger partial charge in [-0.25, -0.2) is 9.59 Å². The highest BCUT2D eigenvalue weighted by Gasteiger charge is 2.12. The topological polar surface area (TPSA) is 101 Å². The van der Waals surface area contributed by atoms with Crippen molar-refractivity contribution in [2.75, 3.05) is 6.61 Å². The van der Waals surface area contributed by atoms with Crippen LogP contribution in [0.15, 0.2) is 25.3 Å². The van der Waals surface area contributed by atoms with Gasteiger partial charge in [-0.1, -0.05) is 13.2 Å². The van der Waals surface area contributed by atoms with E-state index in [-0.39, 0.29) is 6.10 Å². The van der Waals surface area contributed by atoms with E-state index in [9.17, 15) is 14.4 Å². The maximum Gasteiger partial charge on any atom is 0.327 e. The highest BCUT2D eigenvalue weighted by Crippen LogP contribution is 2.08. The number of ether oxygens (including phenoxy) is 1. The summed E-state index contributed by atoms with van der Waals surface area (Å²) in [4.78, 5) is 28.4. The van der Waals surface area contributed by atoms with Gasteiger partial charge in [0.05, 0.1) is 0 Å². The summed E-state index contributed by atoms with van der Waals surface area (Å²) in [5.74, 6) is -1.96. The summed E-state index contributed by atoms with van der Waals surface area (Å²) in [5.41, 5.74) is 0. The van der Waals surface area contributed by atoms with Gasteiger partial charge in [-0.15, -0.1) is 0 Å². The quantitative estimate of drug-likeness (QED) is 0.564. The molecular weight excluding hydrogens is 228 g/mol. The van der Waals surface area contributed by atoms with Crippen molar-refractivity contribution in [2.24, 2.45) is 0 Å². The van der Waals surface area contributed by atoms with Crippen LogP contribution < -0.4 is 0 Å². The van der Waals surface area contributed by atoms with Gasteiger partial charge in [0, 0.05) is 18.8 Å². The van der Waals surface area contributed by atoms with E-state index < -0.39 is 11.9 Å². The molecule has 17 heavy (non-hydrogen) atoms. The molecule has 0 saturated carbocycles. The van der Waals surface area contributed by atoms with E-state index in [4.69, 9.17) is 14.9 Å². The lowest BCUT2D eigenvalue weighted by Gasteiger charge is -1.93. The number of aliphatic carboxylic acids is 2. The molecule has 0 radical (unpaired) electrons. The Hall–Kier alpha value is -1.95. The molecule has 0 spiro atoms. The monoisotopic (exact) mass is 244 g/mol. The highest BCUT2D eigenvalue weighted by molar-refractivity contribution is 5.79. The van der Waals surface area contributed by atoms with Gasteiger partial charge in [0.1, 0.15) is 12.4 Å². The fourth-order valence-electron chi connectivity index (χ4n) is 0.710. The lowest BCUT2D eigenvalue weighted by molar-refractivity contribution is -0.132. The number of hydrogen-bond acceptors (Lipinski definition) is 4. The molecule has 6 heteroatoms. The van der Waals surface area contributed by atoms with Crippen molar-refractivity contribution in [1.82, 2.24) is 0 Å². The minimum atomic E-state index is -0.981. The third-order valence-corrected chi connectivity index (χ3v) is 1.47. The van der Waals surface area contributed by atoms with Gasteiger partial charge < -0.3 is 19.7 Å². The minimum Gasteiger partial charge on any atom is -0.478 e. The number of carboxylic acid groups (broad SMARTS) is 2. The summed E-state index contributed by atoms with van der Waals surface area (Å²) in [7, 11) is 0. The lowest BCUT2D eigenvalue weighted by Crippen LogP contribution is -2.04. The predicted molar refractivity (Wildman–Crippen MR) is 60.7 cm³/mol. The van der Waals surface area contributed by atoms with E-state index in [1.807, 2.05) is 0 Å². The summed E-state index contributed by atoms with van der Waals surface area (Å²) in [6.45, 7) is 6.69. The second kappa shape index (κ2) is 12.1. The summed E-state index contributed by atoms with van der Waals surface area (Å²) < 4.78 is 4.93. The van der Waals surface area contributed by atoms with Gasteiger partial charge >= 0.3 is 11.9 Å². The normalized spacial score (nSPS) is 16.4. The fraction of sp³-hybridized carbons (Fsp3) is 0.364. The van der Waals surface area contributed by atoms with Gasteiger partial charge in [-0.3, -0.25) is 0 Å². The molecule has 1 atom stereocenters. The average molecular weight is 244 g/mol. The molecule has 0 aliphatic carbocycles. The van der Waals surface area contributed by atoms with E-state index in [0.29, 0.717) is 0 Å². The number of hydrogen-bond donors (Lipinski definition) is 2. The third kappa shape index (κ3) is 16.7. The van der Waals surface area contributed by atoms with Crippen LogP contribution in [0.5, 0.6) is 0 Å². The molecule has 1 aliphatic rings. The van der Waals surface area contributed by atoms with E-state index in [1.165, 1.54) is 0 Å². The van der Waals surface area contributed by atoms with Crippen molar-refractivity contribution in [2.45, 2.75) is 18.9 Å². The first kappa shape index (κ1) is 17.4. The average Bonchev–Trinajstić information content (AvgIpc) is 2.83. The first-order valence-corrected chi connectivity index (χ1v) is 4.75. The number of carbonyl (C=O) groups excluding carboxylic acids is 1. The van der Waals surface area contributed by atoms with Crippen LogP contribution in [0.2, 0.25) is 0 Å². The van der Waals surface area contributed by atoms with Crippen molar-refractivity contribution in [3.05, 3.63) is 25.3 Å². The molecule has 0 bridgehead atoms. The van der Waals surface area contributed by atoms with Crippen LogP contribution in [-0.4, -0.2) is 41.1 Å². The van der Waals surface area contributed by atoms with E-state index in [0.717, 1.165) is 37.9 Å². The molecule has 1 saturated heterocycles. The Bertz CT molecular complexity index is 247. The smallest absolute Gasteiger partial charge is 0.327 e. The molecule has 1 fully saturated rings. The fourth-order valence-corrected chi connectivity index (χ4v) is 0.710. The lowest BCUT2D eigenvalue weighted by atomic mass is 10.3. The Labute approximate surface area is 99.2 Å². The van der Waals surface area contributed by atoms with Crippen molar-refractivity contribution in [1.29, 1.82) is 0 Å². The molecule has 0 aromatic rings. The molecule has 1 unspecified atom stereocenters. The summed E-state index contributed by atoms with van der Waals surface area (Å²) in [6.07, 6.45) is 4.42. The molecule has 96 valence electrons. The van der Waals surface area contributed by atoms with Gasteiger partial charge in [0.25, 0.3) is 0 Å². The first-order chi connectivity index (χ1) is 7.97. The first-order valence-electron chi connectivity index (χ1n) is 4.75. The second-order valence-electron chi connectivity index (χ2n) is 2.77. The second-order valence-corrected chi connectivity index (χ2v) is 2.77. The molecule has 2 N–H and O–H groups in total. The number of carboxylic acids is 2. The van der Waals surface area contributed by atoms with Crippen LogP contribution in [0.4, 0.5) is 0 Å². The summed E-state index contributed by atoms with van der Waals surface area (Å²) >= 11 is 0. The molecule has 6 nitrogen and oxygen atoms in total. The highest BCUT2D eigenvalue weighted by atomic mass is 16.5. The number of aldehydes is 1. The van der Waals surface area contributed by atoms with E-state index in [1.54, 1.807) is 0 Å². The van der Waals surface area contributed by atoms with Crippen LogP contribution in [0.25, 0.3) is 0 Å². The molecule has 0 amide bonds. The standard InChI is InChI=1S/C5H8O2.2C3H4O2/c6-4-5-2-1-3-7-5;2*1-2-3(4)5/h4-5H,1-3H2;2*2H,1H2,(H,4,5). The zero-order valence-electron chi connectivity index (χ0n) is 9.37. The Kier molecular flexibility index (Phi) is 12.4. The van der Waals surface area contributed by atoms with Gasteiger partial charge in [0.15, 0.2) is 0 Å². The van der Waals surface area contributed by atoms with Gasteiger partial charge in [-0.2, -0.15) is 0 Å². The van der Waals surface area contributed by atoms with Crippen LogP contribution in [-0.2, 0) is 19.1 Å². The molecule has 0 aromatic heterocycles. The molecular formula is C11H16O6. The minimum absolute atomic E-state index is 0.0833. The largest absolute Gasteiger partial charge is 0.478 e. The maximum atomic E-state index is 9.88. The summed E-state index contributed by atoms with van der Waals surface area (Å²) in [5, 5.41) is 15.2. The third-order valence-electron chi connectivity index (χ3n) is 1.47. The Balaban J connectivity index is 0. The zero-order chi connectivity index (χ0) is 13.7. The SMILES string of the molecule is C=CC(=O)O.C=CC(=O)O.O=CC1CCCO1. The van der Waals surface area contributed by atoms with Crippen LogP contribution in [0.1, 0.15) is 12.8 Å². The zero-order valence-corrected chi connectivity index (χ0v) is 9.37. The van der Waals surface area contributed by atoms with E-state index in [2.05, 4.69) is 13.2 Å². The molecule has 1 heterocycles. The van der Waals surface area contributed by atoms with Crippen molar-refractivity contribution in [3.8, 4) is 0 Å². The van der Waals surface area contributed by atoms with Crippen LogP contribution in [0.3, 0.4) is 0 Å². The summed E-state index contributed by atoms with van der Waals surface area (Å²) in [6, 6.07) is 0. The van der Waals surface area contributed by atoms with Crippen LogP contribution >= 0.6 is 0 Å². The maximum absolute atomic E-state index is 9.88. The number of rotatable bonds is 3. The Morgan fingerprint density at radius 3 is 1.71 bits per heavy atom.